The Morgan fingerprint density at radius 1 is 0.800 bits per heavy atom. The third-order valence-corrected chi connectivity index (χ3v) is 4.92. The van der Waals surface area contributed by atoms with E-state index in [9.17, 15) is 9.90 Å². The fourth-order valence-electron chi connectivity index (χ4n) is 3.09. The van der Waals surface area contributed by atoms with Crippen LogP contribution < -0.4 is 0 Å². The summed E-state index contributed by atoms with van der Waals surface area (Å²) in [7, 11) is 0. The number of carboxylic acids is 1. The van der Waals surface area contributed by atoms with Gasteiger partial charge in [-0.15, -0.1) is 0 Å². The fourth-order valence-corrected chi connectivity index (χ4v) is 3.09. The Hall–Kier alpha value is -0.830. The van der Waals surface area contributed by atoms with Gasteiger partial charge in [0, 0.05) is 5.57 Å². The van der Waals surface area contributed by atoms with Crippen LogP contribution in [0.1, 0.15) is 117 Å². The van der Waals surface area contributed by atoms with Gasteiger partial charge in [-0.05, 0) is 19.8 Å². The lowest BCUT2D eigenvalue weighted by Crippen LogP contribution is -2.06. The third-order valence-electron chi connectivity index (χ3n) is 4.92. The summed E-state index contributed by atoms with van der Waals surface area (Å²) in [4.78, 5) is 10.7. The molecule has 0 rings (SSSR count). The average Bonchev–Trinajstić information content (AvgIpc) is 2.59. The van der Waals surface area contributed by atoms with Crippen molar-refractivity contribution in [3.8, 4) is 0 Å². The summed E-state index contributed by atoms with van der Waals surface area (Å²) in [5.41, 5.74) is 0.319. The van der Waals surface area contributed by atoms with Gasteiger partial charge in [0.1, 0.15) is 0 Å². The van der Waals surface area contributed by atoms with E-state index in [1.54, 1.807) is 13.0 Å². The van der Waals surface area contributed by atoms with Crippen molar-refractivity contribution in [3.63, 3.8) is 0 Å². The Labute approximate surface area is 155 Å². The van der Waals surface area contributed by atoms with Gasteiger partial charge in [0.15, 0.2) is 0 Å². The molecule has 0 spiro atoms. The van der Waals surface area contributed by atoms with Gasteiger partial charge in [-0.2, -0.15) is 0 Å². The van der Waals surface area contributed by atoms with Crippen LogP contribution in [-0.4, -0.2) is 22.3 Å². The summed E-state index contributed by atoms with van der Waals surface area (Å²) in [5, 5.41) is 18.6. The maximum atomic E-state index is 10.7. The van der Waals surface area contributed by atoms with E-state index in [2.05, 4.69) is 6.92 Å². The first-order chi connectivity index (χ1) is 12.1. The lowest BCUT2D eigenvalue weighted by molar-refractivity contribution is -0.132. The lowest BCUT2D eigenvalue weighted by Gasteiger charge is -2.08. The highest BCUT2D eigenvalue weighted by Gasteiger charge is 2.04. The van der Waals surface area contributed by atoms with Crippen LogP contribution in [0.15, 0.2) is 11.6 Å². The lowest BCUT2D eigenvalue weighted by atomic mass is 10.0. The molecule has 0 aromatic carbocycles. The van der Waals surface area contributed by atoms with Gasteiger partial charge >= 0.3 is 5.97 Å². The number of aliphatic carboxylic acids is 1. The van der Waals surface area contributed by atoms with Crippen LogP contribution in [0.25, 0.3) is 0 Å². The van der Waals surface area contributed by atoms with Crippen LogP contribution in [-0.2, 0) is 4.79 Å². The minimum Gasteiger partial charge on any atom is -0.478 e. The predicted molar refractivity (Wildman–Crippen MR) is 107 cm³/mol. The van der Waals surface area contributed by atoms with Crippen molar-refractivity contribution in [1.82, 2.24) is 0 Å². The summed E-state index contributed by atoms with van der Waals surface area (Å²) in [5.74, 6) is -0.899. The van der Waals surface area contributed by atoms with Crippen molar-refractivity contribution < 1.29 is 15.0 Å². The summed E-state index contributed by atoms with van der Waals surface area (Å²) in [6.45, 7) is 3.84. The topological polar surface area (TPSA) is 57.5 Å². The monoisotopic (exact) mass is 354 g/mol. The Bertz CT molecular complexity index is 336. The first kappa shape index (κ1) is 24.2. The van der Waals surface area contributed by atoms with Crippen molar-refractivity contribution >= 4 is 5.97 Å². The highest BCUT2D eigenvalue weighted by Crippen LogP contribution is 2.14. The van der Waals surface area contributed by atoms with Gasteiger partial charge in [0.25, 0.3) is 0 Å². The number of unbranched alkanes of at least 4 members (excludes halogenated alkanes) is 13. The second-order valence-electron chi connectivity index (χ2n) is 7.47. The van der Waals surface area contributed by atoms with Crippen LogP contribution in [0.4, 0.5) is 0 Å². The number of carboxylic acid groups (broad SMARTS) is 1. The number of aliphatic hydroxyl groups is 1. The molecule has 0 amide bonds. The van der Waals surface area contributed by atoms with E-state index < -0.39 is 12.1 Å². The maximum Gasteiger partial charge on any atom is 0.330 e. The van der Waals surface area contributed by atoms with Gasteiger partial charge in [0.2, 0.25) is 0 Å². The SMILES string of the molecule is CCCCCCCCCCCCCCCCC(O)CC=C(C)C(=O)O. The van der Waals surface area contributed by atoms with Gasteiger partial charge in [-0.1, -0.05) is 103 Å². The summed E-state index contributed by atoms with van der Waals surface area (Å²) in [6, 6.07) is 0. The molecule has 25 heavy (non-hydrogen) atoms. The quantitative estimate of drug-likeness (QED) is 0.214. The first-order valence-electron chi connectivity index (χ1n) is 10.7. The molecular formula is C22H42O3. The maximum absolute atomic E-state index is 10.7. The van der Waals surface area contributed by atoms with Crippen molar-refractivity contribution in [2.45, 2.75) is 123 Å². The number of carbonyl (C=O) groups is 1. The van der Waals surface area contributed by atoms with Gasteiger partial charge in [0.05, 0.1) is 6.10 Å². The molecule has 0 saturated heterocycles. The molecule has 0 saturated carbocycles. The zero-order valence-electron chi connectivity index (χ0n) is 16.8. The van der Waals surface area contributed by atoms with Crippen LogP contribution in [0.3, 0.4) is 0 Å². The van der Waals surface area contributed by atoms with Crippen LogP contribution in [0, 0.1) is 0 Å². The molecule has 0 aromatic rings. The highest BCUT2D eigenvalue weighted by atomic mass is 16.4. The Kier molecular flexibility index (Phi) is 17.4. The summed E-state index contributed by atoms with van der Waals surface area (Å²) < 4.78 is 0. The summed E-state index contributed by atoms with van der Waals surface area (Å²) in [6.07, 6.45) is 21.2. The molecule has 0 aromatic heterocycles. The van der Waals surface area contributed by atoms with E-state index in [1.807, 2.05) is 0 Å². The van der Waals surface area contributed by atoms with E-state index >= 15 is 0 Å². The largest absolute Gasteiger partial charge is 0.478 e. The molecule has 0 fully saturated rings. The van der Waals surface area contributed by atoms with Crippen LogP contribution in [0.5, 0.6) is 0 Å². The van der Waals surface area contributed by atoms with E-state index in [4.69, 9.17) is 5.11 Å². The molecule has 3 nitrogen and oxygen atoms in total. The number of aliphatic hydroxyl groups excluding tert-OH is 1. The second-order valence-corrected chi connectivity index (χ2v) is 7.47. The van der Waals surface area contributed by atoms with Crippen molar-refractivity contribution in [1.29, 1.82) is 0 Å². The number of hydrogen-bond acceptors (Lipinski definition) is 2. The Morgan fingerprint density at radius 2 is 1.20 bits per heavy atom. The molecule has 0 aliphatic carbocycles. The van der Waals surface area contributed by atoms with Crippen LogP contribution in [0.2, 0.25) is 0 Å². The standard InChI is InChI=1S/C22H42O3/c1-3-4-5-6-7-8-9-10-11-12-13-14-15-16-17-21(23)19-18-20(2)22(24)25/h18,21,23H,3-17,19H2,1-2H3,(H,24,25). The molecule has 148 valence electrons. The van der Waals surface area contributed by atoms with Crippen LogP contribution >= 0.6 is 0 Å². The molecule has 0 bridgehead atoms. The molecule has 0 aliphatic heterocycles. The smallest absolute Gasteiger partial charge is 0.330 e. The first-order valence-corrected chi connectivity index (χ1v) is 10.7. The van der Waals surface area contributed by atoms with Gasteiger partial charge < -0.3 is 10.2 Å². The molecule has 0 radical (unpaired) electrons. The van der Waals surface area contributed by atoms with Crippen molar-refractivity contribution in [2.24, 2.45) is 0 Å². The molecule has 2 N–H and O–H groups in total. The molecule has 1 atom stereocenters. The van der Waals surface area contributed by atoms with Gasteiger partial charge in [-0.25, -0.2) is 4.79 Å². The predicted octanol–water partition coefficient (Wildman–Crippen LogP) is 6.64. The van der Waals surface area contributed by atoms with Crippen molar-refractivity contribution in [2.75, 3.05) is 0 Å². The average molecular weight is 355 g/mol. The van der Waals surface area contributed by atoms with E-state index in [-0.39, 0.29) is 0 Å². The van der Waals surface area contributed by atoms with E-state index in [0.717, 1.165) is 12.8 Å². The van der Waals surface area contributed by atoms with E-state index in [0.29, 0.717) is 12.0 Å². The minimum atomic E-state index is -0.899. The molecule has 0 aliphatic rings. The Morgan fingerprint density at radius 3 is 1.60 bits per heavy atom. The zero-order valence-corrected chi connectivity index (χ0v) is 16.8. The van der Waals surface area contributed by atoms with Gasteiger partial charge in [-0.3, -0.25) is 0 Å². The molecule has 0 heterocycles. The zero-order chi connectivity index (χ0) is 18.8. The summed E-state index contributed by atoms with van der Waals surface area (Å²) >= 11 is 0. The molecular weight excluding hydrogens is 312 g/mol. The minimum absolute atomic E-state index is 0.319. The number of hydrogen-bond donors (Lipinski definition) is 2. The molecule has 1 unspecified atom stereocenters. The Balaban J connectivity index is 3.26. The highest BCUT2D eigenvalue weighted by molar-refractivity contribution is 5.85. The van der Waals surface area contributed by atoms with E-state index in [1.165, 1.54) is 83.5 Å². The second kappa shape index (κ2) is 18.0. The fraction of sp³-hybridized carbons (Fsp3) is 0.864. The number of rotatable bonds is 18. The molecule has 3 heteroatoms. The normalized spacial score (nSPS) is 13.2. The third kappa shape index (κ3) is 17.8. The van der Waals surface area contributed by atoms with Crippen molar-refractivity contribution in [3.05, 3.63) is 11.6 Å².